The standard InChI is InChI=1S/C16H24N2O2S/c1-20-15-6-4-13(5-7-15)3-2-8-18-16(19)11-14-12-21-10-9-17-14/h4-7,14,17H,2-3,8-12H2,1H3,(H,18,19). The quantitative estimate of drug-likeness (QED) is 0.755. The molecule has 0 aromatic heterocycles. The molecular weight excluding hydrogens is 284 g/mol. The Morgan fingerprint density at radius 2 is 2.24 bits per heavy atom. The molecule has 0 spiro atoms. The Labute approximate surface area is 131 Å². The van der Waals surface area contributed by atoms with Gasteiger partial charge in [0, 0.05) is 37.1 Å². The molecule has 21 heavy (non-hydrogen) atoms. The van der Waals surface area contributed by atoms with Crippen LogP contribution in [0.1, 0.15) is 18.4 Å². The first kappa shape index (κ1) is 16.2. The minimum atomic E-state index is 0.157. The van der Waals surface area contributed by atoms with Gasteiger partial charge in [-0.1, -0.05) is 12.1 Å². The Hall–Kier alpha value is -1.20. The van der Waals surface area contributed by atoms with Gasteiger partial charge < -0.3 is 15.4 Å². The van der Waals surface area contributed by atoms with Crippen LogP contribution < -0.4 is 15.4 Å². The van der Waals surface area contributed by atoms with Gasteiger partial charge in [-0.05, 0) is 30.5 Å². The van der Waals surface area contributed by atoms with E-state index in [4.69, 9.17) is 4.74 Å². The van der Waals surface area contributed by atoms with Crippen molar-refractivity contribution >= 4 is 17.7 Å². The number of methoxy groups -OCH3 is 1. The Morgan fingerprint density at radius 1 is 1.43 bits per heavy atom. The molecule has 0 aliphatic carbocycles. The summed E-state index contributed by atoms with van der Waals surface area (Å²) in [4.78, 5) is 11.8. The topological polar surface area (TPSA) is 50.4 Å². The Kier molecular flexibility index (Phi) is 6.89. The SMILES string of the molecule is COc1ccc(CCCNC(=O)CC2CSCCN2)cc1. The van der Waals surface area contributed by atoms with Crippen LogP contribution in [0.4, 0.5) is 0 Å². The van der Waals surface area contributed by atoms with Gasteiger partial charge in [-0.2, -0.15) is 11.8 Å². The van der Waals surface area contributed by atoms with Crippen molar-refractivity contribution in [3.63, 3.8) is 0 Å². The third kappa shape index (κ3) is 5.98. The minimum absolute atomic E-state index is 0.157. The molecule has 0 bridgehead atoms. The molecule has 1 fully saturated rings. The second kappa shape index (κ2) is 8.95. The molecule has 1 amide bonds. The van der Waals surface area contributed by atoms with Crippen LogP contribution in [0.2, 0.25) is 0 Å². The van der Waals surface area contributed by atoms with Gasteiger partial charge in [-0.15, -0.1) is 0 Å². The molecule has 1 atom stereocenters. The van der Waals surface area contributed by atoms with E-state index < -0.39 is 0 Å². The predicted molar refractivity (Wildman–Crippen MR) is 88.1 cm³/mol. The number of nitrogens with one attached hydrogen (secondary N) is 2. The van der Waals surface area contributed by atoms with Gasteiger partial charge >= 0.3 is 0 Å². The monoisotopic (exact) mass is 308 g/mol. The highest BCUT2D eigenvalue weighted by molar-refractivity contribution is 7.99. The summed E-state index contributed by atoms with van der Waals surface area (Å²) in [6, 6.07) is 8.43. The van der Waals surface area contributed by atoms with Gasteiger partial charge in [0.05, 0.1) is 7.11 Å². The number of aryl methyl sites for hydroxylation is 1. The van der Waals surface area contributed by atoms with Crippen molar-refractivity contribution in [1.29, 1.82) is 0 Å². The van der Waals surface area contributed by atoms with Crippen LogP contribution >= 0.6 is 11.8 Å². The molecule has 2 rings (SSSR count). The molecule has 5 heteroatoms. The molecular formula is C16H24N2O2S. The van der Waals surface area contributed by atoms with Gasteiger partial charge in [-0.3, -0.25) is 4.79 Å². The number of benzene rings is 1. The fourth-order valence-corrected chi connectivity index (χ4v) is 3.31. The second-order valence-electron chi connectivity index (χ2n) is 5.23. The third-order valence-corrected chi connectivity index (χ3v) is 4.68. The second-order valence-corrected chi connectivity index (χ2v) is 6.38. The molecule has 116 valence electrons. The Morgan fingerprint density at radius 3 is 2.90 bits per heavy atom. The molecule has 1 unspecified atom stereocenters. The van der Waals surface area contributed by atoms with Crippen LogP contribution in [0.25, 0.3) is 0 Å². The minimum Gasteiger partial charge on any atom is -0.497 e. The zero-order valence-electron chi connectivity index (χ0n) is 12.6. The predicted octanol–water partition coefficient (Wildman–Crippen LogP) is 1.84. The molecule has 0 saturated carbocycles. The lowest BCUT2D eigenvalue weighted by Crippen LogP contribution is -2.41. The average Bonchev–Trinajstić information content (AvgIpc) is 2.53. The average molecular weight is 308 g/mol. The lowest BCUT2D eigenvalue weighted by Gasteiger charge is -2.22. The zero-order chi connectivity index (χ0) is 14.9. The highest BCUT2D eigenvalue weighted by Gasteiger charge is 2.16. The van der Waals surface area contributed by atoms with Crippen LogP contribution in [-0.2, 0) is 11.2 Å². The molecule has 1 saturated heterocycles. The summed E-state index contributed by atoms with van der Waals surface area (Å²) in [6.45, 7) is 1.75. The number of hydrogen-bond acceptors (Lipinski definition) is 4. The largest absolute Gasteiger partial charge is 0.497 e. The molecule has 0 radical (unpaired) electrons. The maximum absolute atomic E-state index is 11.8. The highest BCUT2D eigenvalue weighted by atomic mass is 32.2. The fourth-order valence-electron chi connectivity index (χ4n) is 2.36. The lowest BCUT2D eigenvalue weighted by molar-refractivity contribution is -0.121. The van der Waals surface area contributed by atoms with E-state index >= 15 is 0 Å². The van der Waals surface area contributed by atoms with Gasteiger partial charge in [0.2, 0.25) is 5.91 Å². The normalized spacial score (nSPS) is 18.2. The molecule has 1 aliphatic heterocycles. The summed E-state index contributed by atoms with van der Waals surface area (Å²) in [6.07, 6.45) is 2.53. The van der Waals surface area contributed by atoms with Crippen molar-refractivity contribution in [1.82, 2.24) is 10.6 Å². The van der Waals surface area contributed by atoms with Crippen LogP contribution in [0.5, 0.6) is 5.75 Å². The van der Waals surface area contributed by atoms with E-state index in [0.29, 0.717) is 12.5 Å². The molecule has 1 aromatic carbocycles. The van der Waals surface area contributed by atoms with Gasteiger partial charge in [0.15, 0.2) is 0 Å². The summed E-state index contributed by atoms with van der Waals surface area (Å²) in [7, 11) is 1.67. The number of carbonyl (C=O) groups is 1. The van der Waals surface area contributed by atoms with Crippen molar-refractivity contribution in [2.24, 2.45) is 0 Å². The number of carbonyl (C=O) groups excluding carboxylic acids is 1. The van der Waals surface area contributed by atoms with E-state index in [1.54, 1.807) is 7.11 Å². The lowest BCUT2D eigenvalue weighted by atomic mass is 10.1. The number of hydrogen-bond donors (Lipinski definition) is 2. The van der Waals surface area contributed by atoms with Crippen LogP contribution in [0.3, 0.4) is 0 Å². The smallest absolute Gasteiger partial charge is 0.221 e. The highest BCUT2D eigenvalue weighted by Crippen LogP contribution is 2.12. The first-order chi connectivity index (χ1) is 10.3. The molecule has 2 N–H and O–H groups in total. The van der Waals surface area contributed by atoms with Crippen molar-refractivity contribution in [2.75, 3.05) is 31.7 Å². The number of rotatable bonds is 7. The summed E-state index contributed by atoms with van der Waals surface area (Å²) in [5, 5.41) is 6.39. The molecule has 1 aromatic rings. The van der Waals surface area contributed by atoms with Crippen LogP contribution in [-0.4, -0.2) is 43.7 Å². The summed E-state index contributed by atoms with van der Waals surface area (Å²) < 4.78 is 5.13. The molecule has 4 nitrogen and oxygen atoms in total. The fraction of sp³-hybridized carbons (Fsp3) is 0.562. The summed E-state index contributed by atoms with van der Waals surface area (Å²) in [5.74, 6) is 3.23. The Bertz CT molecular complexity index is 430. The third-order valence-electron chi connectivity index (χ3n) is 3.55. The number of amides is 1. The zero-order valence-corrected chi connectivity index (χ0v) is 13.4. The number of thioether (sulfide) groups is 1. The van der Waals surface area contributed by atoms with E-state index in [2.05, 4.69) is 22.8 Å². The van der Waals surface area contributed by atoms with Crippen molar-refractivity contribution in [3.8, 4) is 5.75 Å². The van der Waals surface area contributed by atoms with E-state index in [0.717, 1.165) is 43.2 Å². The van der Waals surface area contributed by atoms with Gasteiger partial charge in [0.1, 0.15) is 5.75 Å². The van der Waals surface area contributed by atoms with Gasteiger partial charge in [0.25, 0.3) is 0 Å². The van der Waals surface area contributed by atoms with E-state index in [1.165, 1.54) is 5.56 Å². The maximum atomic E-state index is 11.8. The van der Waals surface area contributed by atoms with Crippen molar-refractivity contribution < 1.29 is 9.53 Å². The van der Waals surface area contributed by atoms with Crippen molar-refractivity contribution in [2.45, 2.75) is 25.3 Å². The molecule has 1 aliphatic rings. The first-order valence-corrected chi connectivity index (χ1v) is 8.64. The van der Waals surface area contributed by atoms with Crippen LogP contribution in [0.15, 0.2) is 24.3 Å². The van der Waals surface area contributed by atoms with Crippen molar-refractivity contribution in [3.05, 3.63) is 29.8 Å². The van der Waals surface area contributed by atoms with E-state index in [9.17, 15) is 4.79 Å². The summed E-state index contributed by atoms with van der Waals surface area (Å²) >= 11 is 1.92. The van der Waals surface area contributed by atoms with E-state index in [1.807, 2.05) is 23.9 Å². The Balaban J connectivity index is 1.58. The van der Waals surface area contributed by atoms with Crippen LogP contribution in [0, 0.1) is 0 Å². The first-order valence-electron chi connectivity index (χ1n) is 7.48. The molecule has 1 heterocycles. The maximum Gasteiger partial charge on any atom is 0.221 e. The van der Waals surface area contributed by atoms with E-state index in [-0.39, 0.29) is 5.91 Å². The summed E-state index contributed by atoms with van der Waals surface area (Å²) in [5.41, 5.74) is 1.27. The van der Waals surface area contributed by atoms with Gasteiger partial charge in [-0.25, -0.2) is 0 Å². The number of ether oxygens (including phenoxy) is 1.